The van der Waals surface area contributed by atoms with Gasteiger partial charge in [-0.3, -0.25) is 4.57 Å². The molecule has 5 heteroatoms. The molecular weight excluding hydrogens is 479 g/mol. The zero-order valence-corrected chi connectivity index (χ0v) is 22.8. The van der Waals surface area contributed by atoms with Crippen LogP contribution in [0.15, 0.2) is 97.1 Å². The molecule has 3 aromatic rings. The maximum Gasteiger partial charge on any atom is 0.344 e. The maximum atomic E-state index is 15.3. The molecule has 3 aliphatic heterocycles. The molecule has 37 heavy (non-hydrogen) atoms. The third kappa shape index (κ3) is 3.11. The fourth-order valence-electron chi connectivity index (χ4n) is 6.73. The third-order valence-corrected chi connectivity index (χ3v) is 11.2. The highest BCUT2D eigenvalue weighted by Crippen LogP contribution is 2.83. The van der Waals surface area contributed by atoms with Crippen LogP contribution in [0.2, 0.25) is 0 Å². The molecule has 0 aliphatic carbocycles. The predicted octanol–water partition coefficient (Wildman–Crippen LogP) is 7.97. The largest absolute Gasteiger partial charge is 0.344 e. The van der Waals surface area contributed by atoms with E-state index >= 15 is 4.57 Å². The molecule has 0 amide bonds. The van der Waals surface area contributed by atoms with Gasteiger partial charge in [0.1, 0.15) is 16.4 Å². The number of hydrogen-bond acceptors (Lipinski definition) is 4. The van der Waals surface area contributed by atoms with Crippen LogP contribution in [0.3, 0.4) is 0 Å². The van der Waals surface area contributed by atoms with Crippen molar-refractivity contribution in [1.82, 2.24) is 0 Å². The molecule has 0 N–H and O–H groups in total. The average Bonchev–Trinajstić information content (AvgIpc) is 3.38. The maximum absolute atomic E-state index is 15.3. The molecule has 4 nitrogen and oxygen atoms in total. The molecule has 0 radical (unpaired) electrons. The fraction of sp³-hybridized carbons (Fsp3) is 0.375. The fourth-order valence-corrected chi connectivity index (χ4v) is 9.89. The first kappa shape index (κ1) is 24.8. The smallest absolute Gasteiger partial charge is 0.344 e. The van der Waals surface area contributed by atoms with Crippen molar-refractivity contribution in [2.75, 3.05) is 13.2 Å². The summed E-state index contributed by atoms with van der Waals surface area (Å²) in [7, 11) is -3.77. The van der Waals surface area contributed by atoms with Crippen LogP contribution in [0.1, 0.15) is 62.3 Å². The van der Waals surface area contributed by atoms with Gasteiger partial charge < -0.3 is 13.8 Å². The quantitative estimate of drug-likeness (QED) is 0.247. The summed E-state index contributed by atoms with van der Waals surface area (Å²) in [6, 6.07) is 28.8. The Morgan fingerprint density at radius 3 is 1.95 bits per heavy atom. The van der Waals surface area contributed by atoms with Crippen LogP contribution in [0.5, 0.6) is 0 Å². The first-order valence-corrected chi connectivity index (χ1v) is 14.8. The molecule has 2 bridgehead atoms. The lowest BCUT2D eigenvalue weighted by atomic mass is 9.62. The van der Waals surface area contributed by atoms with E-state index in [0.717, 1.165) is 40.7 Å². The summed E-state index contributed by atoms with van der Waals surface area (Å²) >= 11 is 0. The van der Waals surface area contributed by atoms with Gasteiger partial charge in [0.05, 0.1) is 13.2 Å². The van der Waals surface area contributed by atoms with Gasteiger partial charge in [-0.05, 0) is 34.2 Å². The molecule has 3 aliphatic rings. The van der Waals surface area contributed by atoms with E-state index in [0.29, 0.717) is 19.6 Å². The van der Waals surface area contributed by atoms with Crippen LogP contribution in [-0.4, -0.2) is 18.4 Å². The van der Waals surface area contributed by atoms with Gasteiger partial charge in [-0.25, -0.2) is 0 Å². The molecule has 0 saturated carbocycles. The van der Waals surface area contributed by atoms with E-state index in [4.69, 9.17) is 20.4 Å². The van der Waals surface area contributed by atoms with Crippen LogP contribution in [-0.2, 0) is 29.6 Å². The first-order chi connectivity index (χ1) is 17.8. The van der Waals surface area contributed by atoms with Crippen molar-refractivity contribution in [3.63, 3.8) is 0 Å². The second-order valence-electron chi connectivity index (χ2n) is 11.4. The van der Waals surface area contributed by atoms with Gasteiger partial charge in [0, 0.05) is 5.41 Å². The summed E-state index contributed by atoms with van der Waals surface area (Å²) < 4.78 is 35.6. The van der Waals surface area contributed by atoms with E-state index in [-0.39, 0.29) is 5.41 Å². The number of rotatable bonds is 6. The van der Waals surface area contributed by atoms with Crippen LogP contribution in [0.25, 0.3) is 0 Å². The Hall–Kier alpha value is -2.49. The van der Waals surface area contributed by atoms with Gasteiger partial charge in [0.2, 0.25) is 0 Å². The minimum atomic E-state index is -3.77. The third-order valence-electron chi connectivity index (χ3n) is 8.47. The summed E-state index contributed by atoms with van der Waals surface area (Å²) in [6.07, 6.45) is 2.35. The Morgan fingerprint density at radius 2 is 1.35 bits per heavy atom. The number of unbranched alkanes of at least 4 members (excludes halogenated alkanes) is 1. The molecule has 2 saturated heterocycles. The molecular formula is C32H35O4P. The zero-order chi connectivity index (χ0) is 25.9. The zero-order valence-electron chi connectivity index (χ0n) is 21.9. The summed E-state index contributed by atoms with van der Waals surface area (Å²) in [5.41, 5.74) is 2.48. The Morgan fingerprint density at radius 1 is 0.811 bits per heavy atom. The SMILES string of the molecule is C=C1[C@@]2(c3ccccc3)O[C@](c3ccccc3)(c3ccccc32)[C@]1(CCCC)P1(=O)OCC(C)(C)CO1. The van der Waals surface area contributed by atoms with Crippen molar-refractivity contribution >= 4 is 7.60 Å². The topological polar surface area (TPSA) is 44.8 Å². The minimum Gasteiger partial charge on any atom is -0.344 e. The summed E-state index contributed by atoms with van der Waals surface area (Å²) in [5.74, 6) is 0. The Kier molecular flexibility index (Phi) is 5.71. The number of benzene rings is 3. The van der Waals surface area contributed by atoms with Gasteiger partial charge in [0.25, 0.3) is 0 Å². The van der Waals surface area contributed by atoms with Crippen molar-refractivity contribution in [1.29, 1.82) is 0 Å². The summed E-state index contributed by atoms with van der Waals surface area (Å²) in [4.78, 5) is 0. The van der Waals surface area contributed by atoms with Crippen LogP contribution < -0.4 is 0 Å². The molecule has 2 fully saturated rings. The highest BCUT2D eigenvalue weighted by Gasteiger charge is 2.81. The predicted molar refractivity (Wildman–Crippen MR) is 147 cm³/mol. The molecule has 3 atom stereocenters. The van der Waals surface area contributed by atoms with Crippen LogP contribution >= 0.6 is 7.60 Å². The highest BCUT2D eigenvalue weighted by molar-refractivity contribution is 7.56. The Labute approximate surface area is 220 Å². The van der Waals surface area contributed by atoms with E-state index in [1.807, 2.05) is 48.5 Å². The van der Waals surface area contributed by atoms with Crippen molar-refractivity contribution in [3.8, 4) is 0 Å². The summed E-state index contributed by atoms with van der Waals surface area (Å²) in [6.45, 7) is 11.8. The lowest BCUT2D eigenvalue weighted by Gasteiger charge is -2.52. The molecule has 6 rings (SSSR count). The molecule has 0 aromatic heterocycles. The van der Waals surface area contributed by atoms with Gasteiger partial charge in [-0.2, -0.15) is 0 Å². The monoisotopic (exact) mass is 514 g/mol. The van der Waals surface area contributed by atoms with Crippen molar-refractivity contribution in [2.24, 2.45) is 5.41 Å². The highest BCUT2D eigenvalue weighted by atomic mass is 31.2. The van der Waals surface area contributed by atoms with Crippen LogP contribution in [0, 0.1) is 5.41 Å². The molecule has 192 valence electrons. The molecule has 3 aromatic carbocycles. The van der Waals surface area contributed by atoms with Gasteiger partial charge in [-0.15, -0.1) is 0 Å². The summed E-state index contributed by atoms with van der Waals surface area (Å²) in [5, 5.41) is -1.10. The second-order valence-corrected chi connectivity index (χ2v) is 13.7. The van der Waals surface area contributed by atoms with Crippen molar-refractivity contribution < 1.29 is 18.3 Å². The van der Waals surface area contributed by atoms with Gasteiger partial charge >= 0.3 is 7.60 Å². The standard InChI is InChI=1S/C32H35O4P/c1-5-6-21-30(37(33)34-22-29(3,4)23-35-37)24(2)31(25-15-9-7-10-16-25)27-19-13-14-20-28(27)32(30,36-31)26-17-11-8-12-18-26/h7-20H,2,5-6,21-23H2,1,3-4H3/t30-,31+,32-/m1/s1. The van der Waals surface area contributed by atoms with Gasteiger partial charge in [0.15, 0.2) is 0 Å². The van der Waals surface area contributed by atoms with E-state index < -0.39 is 24.0 Å². The number of hydrogen-bond donors (Lipinski definition) is 0. The average molecular weight is 515 g/mol. The molecule has 0 spiro atoms. The second kappa shape index (κ2) is 8.51. The van der Waals surface area contributed by atoms with E-state index in [1.54, 1.807) is 0 Å². The normalized spacial score (nSPS) is 31.3. The van der Waals surface area contributed by atoms with E-state index in [1.165, 1.54) is 0 Å². The lowest BCUT2D eigenvalue weighted by Crippen LogP contribution is -2.53. The number of ether oxygens (including phenoxy) is 1. The lowest BCUT2D eigenvalue weighted by molar-refractivity contribution is -0.0528. The van der Waals surface area contributed by atoms with E-state index in [2.05, 4.69) is 57.2 Å². The molecule has 3 heterocycles. The van der Waals surface area contributed by atoms with Crippen molar-refractivity contribution in [3.05, 3.63) is 119 Å². The van der Waals surface area contributed by atoms with Gasteiger partial charge in [-0.1, -0.05) is 125 Å². The molecule has 0 unspecified atom stereocenters. The Balaban J connectivity index is 1.73. The minimum absolute atomic E-state index is 0.228. The Bertz CT molecular complexity index is 1370. The van der Waals surface area contributed by atoms with Crippen LogP contribution in [0.4, 0.5) is 0 Å². The first-order valence-electron chi connectivity index (χ1n) is 13.3. The van der Waals surface area contributed by atoms with Crippen molar-refractivity contribution in [2.45, 2.75) is 56.4 Å². The van der Waals surface area contributed by atoms with E-state index in [9.17, 15) is 0 Å². The number of fused-ring (bicyclic) bond motifs is 5.